The summed E-state index contributed by atoms with van der Waals surface area (Å²) < 4.78 is 5.48. The quantitative estimate of drug-likeness (QED) is 0.749. The van der Waals surface area contributed by atoms with E-state index >= 15 is 0 Å². The molecule has 0 bridgehead atoms. The summed E-state index contributed by atoms with van der Waals surface area (Å²) in [4.78, 5) is 1.26. The Balaban J connectivity index is 1.92. The third-order valence-electron chi connectivity index (χ3n) is 3.28. The van der Waals surface area contributed by atoms with E-state index in [0.717, 1.165) is 43.2 Å². The van der Waals surface area contributed by atoms with Crippen LogP contribution in [0, 0.1) is 0 Å². The number of rotatable bonds is 7. The van der Waals surface area contributed by atoms with Crippen molar-refractivity contribution in [2.45, 2.75) is 37.1 Å². The van der Waals surface area contributed by atoms with Crippen LogP contribution in [-0.2, 0) is 4.74 Å². The van der Waals surface area contributed by atoms with Crippen LogP contribution in [0.2, 0.25) is 5.02 Å². The number of hydrogen-bond donors (Lipinski definition) is 1. The summed E-state index contributed by atoms with van der Waals surface area (Å²) in [6, 6.07) is 8.45. The second-order valence-electron chi connectivity index (χ2n) is 4.94. The SMILES string of the molecule is CCCNC(CSc1ccc(Cl)cc1)C1=COCCC1. The minimum absolute atomic E-state index is 0.399. The molecule has 0 radical (unpaired) electrons. The fraction of sp³-hybridized carbons (Fsp3) is 0.500. The van der Waals surface area contributed by atoms with Crippen LogP contribution in [0.15, 0.2) is 41.0 Å². The Morgan fingerprint density at radius 2 is 2.15 bits per heavy atom. The third kappa shape index (κ3) is 5.04. The number of ether oxygens (including phenoxy) is 1. The van der Waals surface area contributed by atoms with Gasteiger partial charge in [0.1, 0.15) is 0 Å². The second kappa shape index (κ2) is 8.60. The van der Waals surface area contributed by atoms with Gasteiger partial charge in [-0.2, -0.15) is 0 Å². The van der Waals surface area contributed by atoms with E-state index in [9.17, 15) is 0 Å². The molecule has 0 aromatic heterocycles. The molecule has 2 rings (SSSR count). The van der Waals surface area contributed by atoms with Gasteiger partial charge < -0.3 is 10.1 Å². The van der Waals surface area contributed by atoms with Gasteiger partial charge in [-0.15, -0.1) is 11.8 Å². The molecule has 1 aromatic carbocycles. The monoisotopic (exact) mass is 311 g/mol. The van der Waals surface area contributed by atoms with Crippen LogP contribution in [0.25, 0.3) is 0 Å². The van der Waals surface area contributed by atoms with Crippen molar-refractivity contribution >= 4 is 23.4 Å². The van der Waals surface area contributed by atoms with Crippen molar-refractivity contribution in [3.63, 3.8) is 0 Å². The average Bonchev–Trinajstić information content (AvgIpc) is 2.50. The molecule has 2 nitrogen and oxygen atoms in total. The molecule has 0 saturated carbocycles. The van der Waals surface area contributed by atoms with E-state index in [2.05, 4.69) is 24.4 Å². The Morgan fingerprint density at radius 3 is 2.80 bits per heavy atom. The molecular formula is C16H22ClNOS. The molecule has 1 aliphatic heterocycles. The molecule has 1 atom stereocenters. The number of halogens is 1. The molecule has 20 heavy (non-hydrogen) atoms. The second-order valence-corrected chi connectivity index (χ2v) is 6.47. The Labute approximate surface area is 130 Å². The minimum atomic E-state index is 0.399. The summed E-state index contributed by atoms with van der Waals surface area (Å²) in [5, 5.41) is 4.42. The van der Waals surface area contributed by atoms with Gasteiger partial charge in [-0.1, -0.05) is 18.5 Å². The normalized spacial score (nSPS) is 16.4. The lowest BCUT2D eigenvalue weighted by Crippen LogP contribution is -2.34. The van der Waals surface area contributed by atoms with E-state index in [1.165, 1.54) is 10.5 Å². The van der Waals surface area contributed by atoms with Crippen LogP contribution in [0.1, 0.15) is 26.2 Å². The molecule has 1 N–H and O–H groups in total. The molecule has 1 unspecified atom stereocenters. The molecule has 1 heterocycles. The number of benzene rings is 1. The van der Waals surface area contributed by atoms with E-state index in [-0.39, 0.29) is 0 Å². The van der Waals surface area contributed by atoms with Crippen LogP contribution in [-0.4, -0.2) is 24.9 Å². The fourth-order valence-corrected chi connectivity index (χ4v) is 3.31. The van der Waals surface area contributed by atoms with Gasteiger partial charge in [-0.05, 0) is 55.6 Å². The van der Waals surface area contributed by atoms with Crippen LogP contribution >= 0.6 is 23.4 Å². The molecule has 0 fully saturated rings. The van der Waals surface area contributed by atoms with Crippen molar-refractivity contribution in [1.82, 2.24) is 5.32 Å². The average molecular weight is 312 g/mol. The summed E-state index contributed by atoms with van der Waals surface area (Å²) in [6.07, 6.45) is 5.37. The fourth-order valence-electron chi connectivity index (χ4n) is 2.17. The van der Waals surface area contributed by atoms with Gasteiger partial charge >= 0.3 is 0 Å². The van der Waals surface area contributed by atoms with Crippen molar-refractivity contribution in [1.29, 1.82) is 0 Å². The van der Waals surface area contributed by atoms with Crippen LogP contribution < -0.4 is 5.32 Å². The van der Waals surface area contributed by atoms with Crippen LogP contribution in [0.4, 0.5) is 0 Å². The molecule has 110 valence electrons. The van der Waals surface area contributed by atoms with Gasteiger partial charge in [0.05, 0.1) is 12.9 Å². The first kappa shape index (κ1) is 15.7. The maximum absolute atomic E-state index is 5.92. The standard InChI is InChI=1S/C16H22ClNOS/c1-2-9-18-16(13-4-3-10-19-11-13)12-20-15-7-5-14(17)6-8-15/h5-8,11,16,18H,2-4,9-10,12H2,1H3. The molecule has 0 amide bonds. The predicted molar refractivity (Wildman–Crippen MR) is 87.5 cm³/mol. The number of hydrogen-bond acceptors (Lipinski definition) is 3. The molecule has 0 spiro atoms. The first-order chi connectivity index (χ1) is 9.79. The Kier molecular flexibility index (Phi) is 6.77. The lowest BCUT2D eigenvalue weighted by Gasteiger charge is -2.24. The molecule has 0 aliphatic carbocycles. The zero-order chi connectivity index (χ0) is 14.2. The maximum Gasteiger partial charge on any atom is 0.0876 e. The lowest BCUT2D eigenvalue weighted by molar-refractivity contribution is 0.220. The van der Waals surface area contributed by atoms with Gasteiger partial charge in [0, 0.05) is 21.7 Å². The summed E-state index contributed by atoms with van der Waals surface area (Å²) in [7, 11) is 0. The van der Waals surface area contributed by atoms with Crippen LogP contribution in [0.5, 0.6) is 0 Å². The highest BCUT2D eigenvalue weighted by molar-refractivity contribution is 7.99. The van der Waals surface area contributed by atoms with E-state index in [1.54, 1.807) is 0 Å². The third-order valence-corrected chi connectivity index (χ3v) is 4.64. The van der Waals surface area contributed by atoms with Crippen molar-refractivity contribution in [3.8, 4) is 0 Å². The molecule has 1 aliphatic rings. The van der Waals surface area contributed by atoms with Gasteiger partial charge in [-0.25, -0.2) is 0 Å². The van der Waals surface area contributed by atoms with Gasteiger partial charge in [0.15, 0.2) is 0 Å². The largest absolute Gasteiger partial charge is 0.501 e. The Bertz CT molecular complexity index is 433. The van der Waals surface area contributed by atoms with Crippen molar-refractivity contribution < 1.29 is 4.74 Å². The van der Waals surface area contributed by atoms with Gasteiger partial charge in [0.25, 0.3) is 0 Å². The first-order valence-corrected chi connectivity index (χ1v) is 8.58. The highest BCUT2D eigenvalue weighted by Gasteiger charge is 2.16. The Hall–Kier alpha value is -0.640. The summed E-state index contributed by atoms with van der Waals surface area (Å²) in [5.74, 6) is 1.02. The number of thioether (sulfide) groups is 1. The molecule has 0 saturated heterocycles. The van der Waals surface area contributed by atoms with E-state index in [4.69, 9.17) is 16.3 Å². The van der Waals surface area contributed by atoms with Crippen molar-refractivity contribution in [2.24, 2.45) is 0 Å². The summed E-state index contributed by atoms with van der Waals surface area (Å²) in [6.45, 7) is 4.10. The van der Waals surface area contributed by atoms with Gasteiger partial charge in [0.2, 0.25) is 0 Å². The van der Waals surface area contributed by atoms with Crippen molar-refractivity contribution in [2.75, 3.05) is 18.9 Å². The highest BCUT2D eigenvalue weighted by Crippen LogP contribution is 2.25. The smallest absolute Gasteiger partial charge is 0.0876 e. The summed E-state index contributed by atoms with van der Waals surface area (Å²) in [5.41, 5.74) is 1.39. The van der Waals surface area contributed by atoms with E-state index < -0.39 is 0 Å². The van der Waals surface area contributed by atoms with E-state index in [1.807, 2.05) is 30.2 Å². The van der Waals surface area contributed by atoms with Crippen molar-refractivity contribution in [3.05, 3.63) is 41.1 Å². The topological polar surface area (TPSA) is 21.3 Å². The lowest BCUT2D eigenvalue weighted by atomic mass is 10.0. The van der Waals surface area contributed by atoms with Crippen LogP contribution in [0.3, 0.4) is 0 Å². The summed E-state index contributed by atoms with van der Waals surface area (Å²) >= 11 is 7.78. The minimum Gasteiger partial charge on any atom is -0.501 e. The molecule has 1 aromatic rings. The predicted octanol–water partition coefficient (Wildman–Crippen LogP) is 4.49. The molecule has 4 heteroatoms. The molecular weight excluding hydrogens is 290 g/mol. The highest BCUT2D eigenvalue weighted by atomic mass is 35.5. The maximum atomic E-state index is 5.92. The zero-order valence-electron chi connectivity index (χ0n) is 11.9. The number of nitrogens with one attached hydrogen (secondary N) is 1. The first-order valence-electron chi connectivity index (χ1n) is 7.22. The van der Waals surface area contributed by atoms with Gasteiger partial charge in [-0.3, -0.25) is 0 Å². The Morgan fingerprint density at radius 1 is 1.35 bits per heavy atom. The zero-order valence-corrected chi connectivity index (χ0v) is 13.5. The van der Waals surface area contributed by atoms with E-state index in [0.29, 0.717) is 6.04 Å².